The van der Waals surface area contributed by atoms with Crippen molar-refractivity contribution >= 4 is 0 Å². The van der Waals surface area contributed by atoms with Crippen LogP contribution in [0, 0.1) is 0 Å². The highest BCUT2D eigenvalue weighted by Crippen LogP contribution is 2.19. The quantitative estimate of drug-likeness (QED) is 0.757. The average Bonchev–Trinajstić information content (AvgIpc) is 2.14. The zero-order chi connectivity index (χ0) is 9.68. The van der Waals surface area contributed by atoms with E-state index in [2.05, 4.69) is 18.8 Å². The van der Waals surface area contributed by atoms with Gasteiger partial charge in [-0.15, -0.1) is 0 Å². The third-order valence-electron chi connectivity index (χ3n) is 2.36. The highest BCUT2D eigenvalue weighted by Gasteiger charge is 2.04. The highest BCUT2D eigenvalue weighted by atomic mass is 16.1. The molecule has 1 heterocycles. The Labute approximate surface area is 79.0 Å². The summed E-state index contributed by atoms with van der Waals surface area (Å²) in [5.41, 5.74) is 1.15. The molecule has 0 aliphatic rings. The fourth-order valence-corrected chi connectivity index (χ4v) is 1.44. The number of H-pyrrole nitrogens is 1. The maximum Gasteiger partial charge on any atom is 0.248 e. The second-order valence-electron chi connectivity index (χ2n) is 3.53. The van der Waals surface area contributed by atoms with E-state index in [0.717, 1.165) is 5.56 Å². The van der Waals surface area contributed by atoms with E-state index >= 15 is 0 Å². The van der Waals surface area contributed by atoms with E-state index in [-0.39, 0.29) is 5.56 Å². The van der Waals surface area contributed by atoms with Crippen molar-refractivity contribution in [2.24, 2.45) is 0 Å². The third kappa shape index (κ3) is 3.05. The van der Waals surface area contributed by atoms with Crippen LogP contribution in [0.25, 0.3) is 0 Å². The first-order chi connectivity index (χ1) is 6.24. The van der Waals surface area contributed by atoms with Gasteiger partial charge in [-0.25, -0.2) is 0 Å². The van der Waals surface area contributed by atoms with Crippen LogP contribution in [-0.2, 0) is 0 Å². The number of hydrogen-bond donors (Lipinski definition) is 1. The molecule has 0 spiro atoms. The number of nitrogens with one attached hydrogen (secondary N) is 1. The topological polar surface area (TPSA) is 32.9 Å². The van der Waals surface area contributed by atoms with Gasteiger partial charge in [0.25, 0.3) is 0 Å². The number of hydrogen-bond acceptors (Lipinski definition) is 1. The monoisotopic (exact) mass is 179 g/mol. The summed E-state index contributed by atoms with van der Waals surface area (Å²) >= 11 is 0. The van der Waals surface area contributed by atoms with Crippen molar-refractivity contribution in [3.8, 4) is 0 Å². The second kappa shape index (κ2) is 4.85. The van der Waals surface area contributed by atoms with Crippen molar-refractivity contribution in [1.29, 1.82) is 0 Å². The number of aromatic amines is 1. The van der Waals surface area contributed by atoms with Crippen LogP contribution in [0.3, 0.4) is 0 Å². The van der Waals surface area contributed by atoms with Gasteiger partial charge in [0.15, 0.2) is 0 Å². The van der Waals surface area contributed by atoms with Gasteiger partial charge in [-0.2, -0.15) is 0 Å². The van der Waals surface area contributed by atoms with Gasteiger partial charge in [-0.1, -0.05) is 26.7 Å². The summed E-state index contributed by atoms with van der Waals surface area (Å²) in [5, 5.41) is 0. The minimum absolute atomic E-state index is 0.000786. The van der Waals surface area contributed by atoms with Crippen molar-refractivity contribution in [1.82, 2.24) is 4.98 Å². The maximum atomic E-state index is 11.0. The van der Waals surface area contributed by atoms with Gasteiger partial charge >= 0.3 is 0 Å². The van der Waals surface area contributed by atoms with E-state index in [1.807, 2.05) is 6.07 Å². The molecule has 0 aliphatic carbocycles. The summed E-state index contributed by atoms with van der Waals surface area (Å²) in [6, 6.07) is 3.68. The van der Waals surface area contributed by atoms with Crippen LogP contribution in [0.4, 0.5) is 0 Å². The molecular weight excluding hydrogens is 162 g/mol. The van der Waals surface area contributed by atoms with Crippen LogP contribution >= 0.6 is 0 Å². The lowest BCUT2D eigenvalue weighted by molar-refractivity contribution is 0.623. The molecule has 0 aliphatic heterocycles. The summed E-state index contributed by atoms with van der Waals surface area (Å²) in [4.78, 5) is 13.6. The van der Waals surface area contributed by atoms with Gasteiger partial charge < -0.3 is 4.98 Å². The van der Waals surface area contributed by atoms with Gasteiger partial charge in [0.05, 0.1) is 0 Å². The molecule has 1 unspecified atom stereocenters. The molecule has 1 N–H and O–H groups in total. The summed E-state index contributed by atoms with van der Waals surface area (Å²) < 4.78 is 0. The number of unbranched alkanes of at least 4 members (excludes halogenated alkanes) is 1. The zero-order valence-electron chi connectivity index (χ0n) is 8.34. The Kier molecular flexibility index (Phi) is 3.74. The highest BCUT2D eigenvalue weighted by molar-refractivity contribution is 5.14. The lowest BCUT2D eigenvalue weighted by atomic mass is 9.97. The Morgan fingerprint density at radius 2 is 2.31 bits per heavy atom. The predicted octanol–water partition coefficient (Wildman–Crippen LogP) is 2.67. The van der Waals surface area contributed by atoms with E-state index in [1.165, 1.54) is 19.3 Å². The standard InChI is InChI=1S/C11H17NO/c1-3-4-5-9(2)10-6-7-12-11(13)8-10/h6-9H,3-5H2,1-2H3,(H,12,13). The lowest BCUT2D eigenvalue weighted by Gasteiger charge is -2.09. The van der Waals surface area contributed by atoms with Crippen LogP contribution in [-0.4, -0.2) is 4.98 Å². The van der Waals surface area contributed by atoms with E-state index in [0.29, 0.717) is 5.92 Å². The first kappa shape index (κ1) is 10.0. The van der Waals surface area contributed by atoms with E-state index in [1.54, 1.807) is 12.3 Å². The Hall–Kier alpha value is -1.05. The summed E-state index contributed by atoms with van der Waals surface area (Å²) in [6.45, 7) is 4.36. The molecule has 2 nitrogen and oxygen atoms in total. The summed E-state index contributed by atoms with van der Waals surface area (Å²) in [6.07, 6.45) is 5.33. The third-order valence-corrected chi connectivity index (χ3v) is 2.36. The molecule has 0 saturated heterocycles. The van der Waals surface area contributed by atoms with E-state index in [9.17, 15) is 4.79 Å². The van der Waals surface area contributed by atoms with Crippen LogP contribution in [0.1, 0.15) is 44.6 Å². The SMILES string of the molecule is CCCCC(C)c1cc[nH]c(=O)c1. The smallest absolute Gasteiger partial charge is 0.248 e. The summed E-state index contributed by atoms with van der Waals surface area (Å²) in [5.74, 6) is 0.502. The molecule has 0 radical (unpaired) electrons. The number of aromatic nitrogens is 1. The Balaban J connectivity index is 2.65. The molecule has 0 aromatic carbocycles. The van der Waals surface area contributed by atoms with Gasteiger partial charge in [-0.3, -0.25) is 4.79 Å². The van der Waals surface area contributed by atoms with Gasteiger partial charge in [-0.05, 0) is 24.0 Å². The molecule has 1 aromatic rings. The fraction of sp³-hybridized carbons (Fsp3) is 0.545. The van der Waals surface area contributed by atoms with Gasteiger partial charge in [0.1, 0.15) is 0 Å². The number of pyridine rings is 1. The van der Waals surface area contributed by atoms with Crippen LogP contribution in [0.15, 0.2) is 23.1 Å². The molecule has 13 heavy (non-hydrogen) atoms. The average molecular weight is 179 g/mol. The molecular formula is C11H17NO. The molecule has 1 aromatic heterocycles. The van der Waals surface area contributed by atoms with Crippen molar-refractivity contribution < 1.29 is 0 Å². The van der Waals surface area contributed by atoms with Crippen molar-refractivity contribution in [3.63, 3.8) is 0 Å². The summed E-state index contributed by atoms with van der Waals surface area (Å²) in [7, 11) is 0. The minimum Gasteiger partial charge on any atom is -0.329 e. The van der Waals surface area contributed by atoms with Crippen molar-refractivity contribution in [2.75, 3.05) is 0 Å². The lowest BCUT2D eigenvalue weighted by Crippen LogP contribution is -2.06. The fourth-order valence-electron chi connectivity index (χ4n) is 1.44. The first-order valence-electron chi connectivity index (χ1n) is 4.92. The van der Waals surface area contributed by atoms with Crippen molar-refractivity contribution in [3.05, 3.63) is 34.2 Å². The molecule has 2 heteroatoms. The van der Waals surface area contributed by atoms with Crippen LogP contribution < -0.4 is 5.56 Å². The molecule has 1 rings (SSSR count). The predicted molar refractivity (Wildman–Crippen MR) is 55.0 cm³/mol. The maximum absolute atomic E-state index is 11.0. The second-order valence-corrected chi connectivity index (χ2v) is 3.53. The molecule has 0 amide bonds. The van der Waals surface area contributed by atoms with Crippen LogP contribution in [0.2, 0.25) is 0 Å². The first-order valence-corrected chi connectivity index (χ1v) is 4.92. The molecule has 72 valence electrons. The Bertz CT molecular complexity index is 303. The van der Waals surface area contributed by atoms with Crippen LogP contribution in [0.5, 0.6) is 0 Å². The molecule has 0 bridgehead atoms. The Morgan fingerprint density at radius 3 is 2.92 bits per heavy atom. The Morgan fingerprint density at radius 1 is 1.54 bits per heavy atom. The number of rotatable bonds is 4. The van der Waals surface area contributed by atoms with Gasteiger partial charge in [0, 0.05) is 12.3 Å². The minimum atomic E-state index is 0.000786. The molecule has 0 saturated carbocycles. The van der Waals surface area contributed by atoms with Gasteiger partial charge in [0.2, 0.25) is 5.56 Å². The normalized spacial score (nSPS) is 12.8. The molecule has 1 atom stereocenters. The molecule has 0 fully saturated rings. The van der Waals surface area contributed by atoms with Crippen molar-refractivity contribution in [2.45, 2.75) is 39.0 Å². The largest absolute Gasteiger partial charge is 0.329 e. The van der Waals surface area contributed by atoms with E-state index in [4.69, 9.17) is 0 Å². The zero-order valence-corrected chi connectivity index (χ0v) is 8.34. The van der Waals surface area contributed by atoms with E-state index < -0.39 is 0 Å².